The van der Waals surface area contributed by atoms with Crippen molar-refractivity contribution >= 4 is 5.91 Å². The van der Waals surface area contributed by atoms with Gasteiger partial charge in [0.1, 0.15) is 0 Å². The molecule has 1 aromatic carbocycles. The minimum absolute atomic E-state index is 0.0607. The number of carbonyl (C=O) groups is 1. The zero-order chi connectivity index (χ0) is 14.3. The Morgan fingerprint density at radius 2 is 1.95 bits per heavy atom. The minimum Gasteiger partial charge on any atom is -0.394 e. The molecule has 1 aromatic rings. The van der Waals surface area contributed by atoms with E-state index in [-0.39, 0.29) is 24.5 Å². The zero-order valence-corrected chi connectivity index (χ0v) is 11.7. The molecule has 0 saturated heterocycles. The summed E-state index contributed by atoms with van der Waals surface area (Å²) in [5.41, 5.74) is 7.05. The maximum absolute atomic E-state index is 11.9. The Hall–Kier alpha value is -1.39. The van der Waals surface area contributed by atoms with Gasteiger partial charge < -0.3 is 16.2 Å². The second-order valence-corrected chi connectivity index (χ2v) is 5.17. The van der Waals surface area contributed by atoms with Crippen LogP contribution in [0.5, 0.6) is 0 Å². The Bertz CT molecular complexity index is 379. The Morgan fingerprint density at radius 1 is 1.32 bits per heavy atom. The maximum Gasteiger partial charge on any atom is 0.237 e. The number of carbonyl (C=O) groups excluding carboxylic acids is 1. The normalized spacial score (nSPS) is 14.2. The lowest BCUT2D eigenvalue weighted by Gasteiger charge is -2.22. The van der Waals surface area contributed by atoms with Crippen LogP contribution >= 0.6 is 0 Å². The molecule has 4 nitrogen and oxygen atoms in total. The molecule has 2 atom stereocenters. The third kappa shape index (κ3) is 5.41. The van der Waals surface area contributed by atoms with E-state index in [2.05, 4.69) is 5.32 Å². The van der Waals surface area contributed by atoms with Crippen molar-refractivity contribution in [1.29, 1.82) is 0 Å². The van der Waals surface area contributed by atoms with E-state index < -0.39 is 6.04 Å². The van der Waals surface area contributed by atoms with Gasteiger partial charge in [-0.15, -0.1) is 0 Å². The lowest BCUT2D eigenvalue weighted by molar-refractivity contribution is -0.123. The van der Waals surface area contributed by atoms with Crippen LogP contribution in [0, 0.1) is 5.92 Å². The average molecular weight is 264 g/mol. The standard InChI is InChI=1S/C15H24N2O2/c1-11(2)14(10-18)17-15(19)13(16)9-8-12-6-4-3-5-7-12/h3-7,11,13-14,18H,8-10,16H2,1-2H3,(H,17,19)/t13-,14+/m0/s1. The van der Waals surface area contributed by atoms with Gasteiger partial charge in [0.25, 0.3) is 0 Å². The van der Waals surface area contributed by atoms with E-state index in [0.29, 0.717) is 6.42 Å². The molecule has 0 aliphatic heterocycles. The molecule has 0 aliphatic carbocycles. The molecule has 0 saturated carbocycles. The minimum atomic E-state index is -0.534. The number of aliphatic hydroxyl groups is 1. The van der Waals surface area contributed by atoms with Crippen LogP contribution in [0.2, 0.25) is 0 Å². The van der Waals surface area contributed by atoms with Crippen LogP contribution in [0.3, 0.4) is 0 Å². The van der Waals surface area contributed by atoms with Gasteiger partial charge in [-0.3, -0.25) is 4.79 Å². The van der Waals surface area contributed by atoms with Gasteiger partial charge in [-0.25, -0.2) is 0 Å². The molecule has 4 N–H and O–H groups in total. The first-order valence-corrected chi connectivity index (χ1v) is 6.75. The van der Waals surface area contributed by atoms with E-state index in [1.165, 1.54) is 5.56 Å². The highest BCUT2D eigenvalue weighted by Crippen LogP contribution is 2.05. The molecule has 0 fully saturated rings. The summed E-state index contributed by atoms with van der Waals surface area (Å²) < 4.78 is 0. The molecule has 1 amide bonds. The van der Waals surface area contributed by atoms with Crippen molar-refractivity contribution in [3.8, 4) is 0 Å². The van der Waals surface area contributed by atoms with Crippen molar-refractivity contribution in [2.45, 2.75) is 38.8 Å². The number of aryl methyl sites for hydroxylation is 1. The number of rotatable bonds is 7. The van der Waals surface area contributed by atoms with Crippen LogP contribution in [0.25, 0.3) is 0 Å². The summed E-state index contributed by atoms with van der Waals surface area (Å²) in [5, 5.41) is 12.0. The molecular formula is C15H24N2O2. The summed E-state index contributed by atoms with van der Waals surface area (Å²) in [6.45, 7) is 3.85. The molecule has 0 aliphatic rings. The fraction of sp³-hybridized carbons (Fsp3) is 0.533. The molecular weight excluding hydrogens is 240 g/mol. The second-order valence-electron chi connectivity index (χ2n) is 5.17. The van der Waals surface area contributed by atoms with Gasteiger partial charge in [0.2, 0.25) is 5.91 Å². The molecule has 0 aromatic heterocycles. The summed E-state index contributed by atoms with van der Waals surface area (Å²) in [6.07, 6.45) is 1.38. The van der Waals surface area contributed by atoms with Gasteiger partial charge in [0, 0.05) is 0 Å². The maximum atomic E-state index is 11.9. The van der Waals surface area contributed by atoms with Crippen molar-refractivity contribution in [3.63, 3.8) is 0 Å². The number of benzene rings is 1. The molecule has 4 heteroatoms. The molecule has 0 radical (unpaired) electrons. The van der Waals surface area contributed by atoms with E-state index in [1.54, 1.807) is 0 Å². The smallest absolute Gasteiger partial charge is 0.237 e. The Balaban J connectivity index is 2.40. The highest BCUT2D eigenvalue weighted by molar-refractivity contribution is 5.81. The fourth-order valence-electron chi connectivity index (χ4n) is 1.81. The van der Waals surface area contributed by atoms with Crippen LogP contribution in [-0.4, -0.2) is 29.7 Å². The number of aliphatic hydroxyl groups excluding tert-OH is 1. The Labute approximate surface area is 115 Å². The van der Waals surface area contributed by atoms with Crippen molar-refractivity contribution < 1.29 is 9.90 Å². The molecule has 1 rings (SSSR count). The van der Waals surface area contributed by atoms with Crippen LogP contribution in [0.15, 0.2) is 30.3 Å². The first-order chi connectivity index (χ1) is 9.04. The Morgan fingerprint density at radius 3 is 2.47 bits per heavy atom. The first kappa shape index (κ1) is 15.7. The average Bonchev–Trinajstić information content (AvgIpc) is 2.42. The van der Waals surface area contributed by atoms with E-state index >= 15 is 0 Å². The summed E-state index contributed by atoms with van der Waals surface area (Å²) in [4.78, 5) is 11.9. The molecule has 0 unspecified atom stereocenters. The van der Waals surface area contributed by atoms with Gasteiger partial charge in [0.05, 0.1) is 18.7 Å². The number of amides is 1. The van der Waals surface area contributed by atoms with E-state index in [1.807, 2.05) is 44.2 Å². The van der Waals surface area contributed by atoms with Crippen molar-refractivity contribution in [3.05, 3.63) is 35.9 Å². The largest absolute Gasteiger partial charge is 0.394 e. The summed E-state index contributed by atoms with van der Waals surface area (Å²) in [7, 11) is 0. The predicted molar refractivity (Wildman–Crippen MR) is 76.6 cm³/mol. The van der Waals surface area contributed by atoms with Crippen LogP contribution in [0.4, 0.5) is 0 Å². The monoisotopic (exact) mass is 264 g/mol. The molecule has 0 heterocycles. The van der Waals surface area contributed by atoms with Crippen molar-refractivity contribution in [2.75, 3.05) is 6.61 Å². The number of nitrogens with one attached hydrogen (secondary N) is 1. The topological polar surface area (TPSA) is 75.3 Å². The van der Waals surface area contributed by atoms with Crippen molar-refractivity contribution in [1.82, 2.24) is 5.32 Å². The van der Waals surface area contributed by atoms with Gasteiger partial charge in [-0.1, -0.05) is 44.2 Å². The van der Waals surface area contributed by atoms with E-state index in [4.69, 9.17) is 5.73 Å². The molecule has 106 valence electrons. The van der Waals surface area contributed by atoms with Crippen LogP contribution in [-0.2, 0) is 11.2 Å². The van der Waals surface area contributed by atoms with Crippen LogP contribution in [0.1, 0.15) is 25.8 Å². The zero-order valence-electron chi connectivity index (χ0n) is 11.7. The number of hydrogen-bond acceptors (Lipinski definition) is 3. The SMILES string of the molecule is CC(C)[C@@H](CO)NC(=O)[C@@H](N)CCc1ccccc1. The van der Waals surface area contributed by atoms with Gasteiger partial charge in [-0.05, 0) is 24.3 Å². The van der Waals surface area contributed by atoms with E-state index in [0.717, 1.165) is 6.42 Å². The molecule has 0 spiro atoms. The summed E-state index contributed by atoms with van der Waals surface area (Å²) >= 11 is 0. The fourth-order valence-corrected chi connectivity index (χ4v) is 1.81. The lowest BCUT2D eigenvalue weighted by Crippen LogP contribution is -2.48. The third-order valence-electron chi connectivity index (χ3n) is 3.25. The Kier molecular flexibility index (Phi) is 6.53. The van der Waals surface area contributed by atoms with Gasteiger partial charge in [0.15, 0.2) is 0 Å². The van der Waals surface area contributed by atoms with Gasteiger partial charge in [-0.2, -0.15) is 0 Å². The summed E-state index contributed by atoms with van der Waals surface area (Å²) in [6, 6.07) is 9.20. The number of hydrogen-bond donors (Lipinski definition) is 3. The second kappa shape index (κ2) is 7.92. The molecule has 0 bridgehead atoms. The number of nitrogens with two attached hydrogens (primary N) is 1. The summed E-state index contributed by atoms with van der Waals surface area (Å²) in [5.74, 6) is -0.000968. The third-order valence-corrected chi connectivity index (χ3v) is 3.25. The predicted octanol–water partition coefficient (Wildman–Crippen LogP) is 1.08. The highest BCUT2D eigenvalue weighted by Gasteiger charge is 2.19. The highest BCUT2D eigenvalue weighted by atomic mass is 16.3. The lowest BCUT2D eigenvalue weighted by atomic mass is 10.0. The van der Waals surface area contributed by atoms with Crippen molar-refractivity contribution in [2.24, 2.45) is 11.7 Å². The molecule has 19 heavy (non-hydrogen) atoms. The van der Waals surface area contributed by atoms with Gasteiger partial charge >= 0.3 is 0 Å². The van der Waals surface area contributed by atoms with E-state index in [9.17, 15) is 9.90 Å². The van der Waals surface area contributed by atoms with Crippen LogP contribution < -0.4 is 11.1 Å². The quantitative estimate of drug-likeness (QED) is 0.690. The first-order valence-electron chi connectivity index (χ1n) is 6.75.